The van der Waals surface area contributed by atoms with E-state index in [4.69, 9.17) is 20.0 Å². The summed E-state index contributed by atoms with van der Waals surface area (Å²) in [5.41, 5.74) is 5.54. The summed E-state index contributed by atoms with van der Waals surface area (Å²) in [6.45, 7) is 2.72. The van der Waals surface area contributed by atoms with E-state index in [0.29, 0.717) is 47.1 Å². The van der Waals surface area contributed by atoms with Crippen molar-refractivity contribution in [2.24, 2.45) is 5.92 Å². The minimum Gasteiger partial charge on any atom is -0.496 e. The second-order valence-electron chi connectivity index (χ2n) is 13.9. The van der Waals surface area contributed by atoms with Crippen molar-refractivity contribution < 1.29 is 19.1 Å². The molecule has 3 amide bonds. The van der Waals surface area contributed by atoms with E-state index in [2.05, 4.69) is 33.0 Å². The van der Waals surface area contributed by atoms with Gasteiger partial charge in [-0.2, -0.15) is 24.9 Å². The first-order valence-electron chi connectivity index (χ1n) is 17.8. The Morgan fingerprint density at radius 3 is 2.70 bits per heavy atom. The number of carbonyl (C=O) groups is 3. The van der Waals surface area contributed by atoms with Gasteiger partial charge in [-0.25, -0.2) is 9.67 Å². The third kappa shape index (κ3) is 5.87. The monoisotopic (exact) mass is 711 g/mol. The number of aryl methyl sites for hydroxylation is 1. The topological polar surface area (TPSA) is 168 Å². The molecule has 15 heteroatoms. The molecule has 2 aliphatic rings. The third-order valence-corrected chi connectivity index (χ3v) is 10.6. The molecule has 1 saturated carbocycles. The zero-order valence-corrected chi connectivity index (χ0v) is 29.3. The number of piperidine rings is 1. The number of benzene rings is 2. The van der Waals surface area contributed by atoms with E-state index in [0.717, 1.165) is 65.3 Å². The van der Waals surface area contributed by atoms with Gasteiger partial charge in [-0.15, -0.1) is 0 Å². The number of nitrogens with one attached hydrogen (secondary N) is 2. The maximum absolute atomic E-state index is 13.6. The van der Waals surface area contributed by atoms with Crippen molar-refractivity contribution in [3.05, 3.63) is 84.7 Å². The second kappa shape index (κ2) is 13.0. The summed E-state index contributed by atoms with van der Waals surface area (Å²) < 4.78 is 12.8. The molecule has 268 valence electrons. The lowest BCUT2D eigenvalue weighted by Gasteiger charge is -2.29. The van der Waals surface area contributed by atoms with Gasteiger partial charge >= 0.3 is 0 Å². The number of imide groups is 1. The number of imidazole rings is 1. The molecule has 0 bridgehead atoms. The lowest BCUT2D eigenvalue weighted by Crippen LogP contribution is -2.42. The molecule has 2 N–H and O–H groups in total. The van der Waals surface area contributed by atoms with Crippen molar-refractivity contribution in [3.8, 4) is 22.7 Å². The van der Waals surface area contributed by atoms with Crippen molar-refractivity contribution in [2.75, 3.05) is 7.11 Å². The average molecular weight is 712 g/mol. The number of hydrogen-bond acceptors (Lipinski definition) is 9. The Hall–Kier alpha value is -6.38. The minimum atomic E-state index is -0.523. The van der Waals surface area contributed by atoms with Crippen LogP contribution in [0.3, 0.4) is 0 Å². The van der Waals surface area contributed by atoms with Crippen molar-refractivity contribution in [2.45, 2.75) is 64.1 Å². The predicted molar refractivity (Wildman–Crippen MR) is 194 cm³/mol. The summed E-state index contributed by atoms with van der Waals surface area (Å²) in [6, 6.07) is 12.8. The fourth-order valence-electron chi connectivity index (χ4n) is 7.88. The van der Waals surface area contributed by atoms with E-state index in [1.165, 1.54) is 0 Å². The number of fused-ring (bicyclic) bond motifs is 3. The highest BCUT2D eigenvalue weighted by Crippen LogP contribution is 2.34. The Balaban J connectivity index is 0.853. The lowest BCUT2D eigenvalue weighted by atomic mass is 9.86. The van der Waals surface area contributed by atoms with Gasteiger partial charge in [0.25, 0.3) is 11.8 Å². The van der Waals surface area contributed by atoms with Crippen molar-refractivity contribution >= 4 is 45.2 Å². The zero-order chi connectivity index (χ0) is 36.2. The lowest BCUT2D eigenvalue weighted by molar-refractivity contribution is -0.135. The molecular weight excluding hydrogens is 674 g/mol. The van der Waals surface area contributed by atoms with Gasteiger partial charge in [-0.1, -0.05) is 12.1 Å². The van der Waals surface area contributed by atoms with Crippen LogP contribution in [0.15, 0.2) is 73.4 Å². The van der Waals surface area contributed by atoms with E-state index in [1.807, 2.05) is 54.3 Å². The number of ether oxygens (including phenoxy) is 1. The van der Waals surface area contributed by atoms with Gasteiger partial charge in [-0.3, -0.25) is 29.1 Å². The third-order valence-electron chi connectivity index (χ3n) is 10.6. The number of methoxy groups -OCH3 is 1. The predicted octanol–water partition coefficient (Wildman–Crippen LogP) is 4.56. The van der Waals surface area contributed by atoms with Gasteiger partial charge in [0.2, 0.25) is 5.91 Å². The zero-order valence-electron chi connectivity index (χ0n) is 29.3. The number of rotatable bonds is 8. The molecule has 1 aliphatic heterocycles. The molecule has 5 aromatic heterocycles. The number of amides is 3. The molecule has 2 fully saturated rings. The van der Waals surface area contributed by atoms with E-state index in [1.54, 1.807) is 39.4 Å². The van der Waals surface area contributed by atoms with Crippen LogP contribution in [-0.2, 0) is 16.1 Å². The summed E-state index contributed by atoms with van der Waals surface area (Å²) in [5.74, 6) is 0.851. The fraction of sp³-hybridized carbons (Fsp3) is 0.316. The summed E-state index contributed by atoms with van der Waals surface area (Å²) >= 11 is 0. The van der Waals surface area contributed by atoms with Crippen LogP contribution in [0.1, 0.15) is 60.6 Å². The highest BCUT2D eigenvalue weighted by atomic mass is 16.5. The Labute approximate surface area is 302 Å². The first kappa shape index (κ1) is 32.5. The molecule has 1 atom stereocenters. The van der Waals surface area contributed by atoms with E-state index < -0.39 is 6.04 Å². The Kier molecular flexibility index (Phi) is 7.97. The summed E-state index contributed by atoms with van der Waals surface area (Å²) in [5, 5.41) is 26.0. The number of nitrogens with zero attached hydrogens (tertiary/aromatic N) is 9. The van der Waals surface area contributed by atoms with Crippen molar-refractivity contribution in [1.82, 2.24) is 54.6 Å². The largest absolute Gasteiger partial charge is 0.496 e. The van der Waals surface area contributed by atoms with Crippen LogP contribution in [0.2, 0.25) is 0 Å². The Bertz CT molecular complexity index is 2550. The second-order valence-corrected chi connectivity index (χ2v) is 13.9. The molecule has 1 saturated heterocycles. The van der Waals surface area contributed by atoms with E-state index in [-0.39, 0.29) is 23.8 Å². The van der Waals surface area contributed by atoms with Crippen molar-refractivity contribution in [1.29, 1.82) is 0 Å². The molecule has 53 heavy (non-hydrogen) atoms. The maximum Gasteiger partial charge on any atom is 0.255 e. The van der Waals surface area contributed by atoms with Crippen LogP contribution >= 0.6 is 0 Å². The molecule has 0 radical (unpaired) electrons. The highest BCUT2D eigenvalue weighted by molar-refractivity contribution is 6.02. The Morgan fingerprint density at radius 1 is 1.00 bits per heavy atom. The van der Waals surface area contributed by atoms with E-state index in [9.17, 15) is 14.4 Å². The van der Waals surface area contributed by atoms with Crippen LogP contribution in [-0.4, -0.2) is 74.8 Å². The number of hydrogen-bond donors (Lipinski definition) is 2. The molecule has 0 spiro atoms. The molecule has 7 aromatic rings. The average Bonchev–Trinajstić information content (AvgIpc) is 3.97. The first-order chi connectivity index (χ1) is 25.8. The highest BCUT2D eigenvalue weighted by Gasteiger charge is 2.31. The molecule has 1 unspecified atom stereocenters. The van der Waals surface area contributed by atoms with Gasteiger partial charge in [0.1, 0.15) is 11.8 Å². The molecule has 1 aliphatic carbocycles. The first-order valence-corrected chi connectivity index (χ1v) is 17.8. The van der Waals surface area contributed by atoms with Gasteiger partial charge < -0.3 is 10.1 Å². The molecular formula is C38H37N11O4. The normalized spacial score (nSPS) is 19.2. The SMILES string of the molecule is COc1cc2nn(-c3cnc4cccnn34)cc2cc1C(=O)NC1CCC(Cn2cc(-c3cccc4c3c(C)nn4C3CCC(=O)NC3=O)cn2)CC1. The van der Waals surface area contributed by atoms with Gasteiger partial charge in [-0.05, 0) is 74.8 Å². The van der Waals surface area contributed by atoms with Crippen LogP contribution in [0, 0.1) is 12.8 Å². The van der Waals surface area contributed by atoms with E-state index >= 15 is 0 Å². The summed E-state index contributed by atoms with van der Waals surface area (Å²) in [7, 11) is 1.56. The number of carbonyl (C=O) groups excluding carboxylic acids is 3. The van der Waals surface area contributed by atoms with Gasteiger partial charge in [0, 0.05) is 60.0 Å². The van der Waals surface area contributed by atoms with Crippen LogP contribution in [0.5, 0.6) is 5.75 Å². The van der Waals surface area contributed by atoms with Crippen LogP contribution < -0.4 is 15.4 Å². The molecule has 15 nitrogen and oxygen atoms in total. The van der Waals surface area contributed by atoms with Crippen LogP contribution in [0.4, 0.5) is 0 Å². The Morgan fingerprint density at radius 2 is 1.87 bits per heavy atom. The van der Waals surface area contributed by atoms with Gasteiger partial charge in [0.15, 0.2) is 11.5 Å². The summed E-state index contributed by atoms with van der Waals surface area (Å²) in [4.78, 5) is 42.4. The van der Waals surface area contributed by atoms with Crippen LogP contribution in [0.25, 0.3) is 44.4 Å². The quantitative estimate of drug-likeness (QED) is 0.215. The number of aromatic nitrogens is 9. The standard InChI is InChI=1S/C38H37N11O4/c1-22-36-27(5-3-6-30(36)48(44-22)31-12-13-34(50)43-38(31)52)25-17-41-46(20-25)19-23-8-10-26(11-9-23)42-37(51)28-15-24-21-47(45-29(24)16-32(28)53-2)35-18-39-33-7-4-14-40-49(33)35/h3-7,14-18,20-21,23,26,31H,8-13,19H2,1-2H3,(H,42,51)(H,43,50,52). The molecule has 6 heterocycles. The van der Waals surface area contributed by atoms with Gasteiger partial charge in [0.05, 0.1) is 41.8 Å². The molecule has 2 aromatic carbocycles. The molecule has 9 rings (SSSR count). The smallest absolute Gasteiger partial charge is 0.255 e. The minimum absolute atomic E-state index is 0.0563. The van der Waals surface area contributed by atoms with Crippen molar-refractivity contribution in [3.63, 3.8) is 0 Å². The maximum atomic E-state index is 13.6. The fourth-order valence-corrected chi connectivity index (χ4v) is 7.88. The summed E-state index contributed by atoms with van der Waals surface area (Å²) in [6.07, 6.45) is 13.6.